The summed E-state index contributed by atoms with van der Waals surface area (Å²) < 4.78 is 65.0. The highest BCUT2D eigenvalue weighted by Gasteiger charge is 2.27. The number of hydrogen-bond donors (Lipinski definition) is 1. The molecule has 0 saturated carbocycles. The molecule has 1 atom stereocenters. The van der Waals surface area contributed by atoms with Crippen molar-refractivity contribution in [1.82, 2.24) is 4.90 Å². The zero-order chi connectivity index (χ0) is 21.8. The minimum atomic E-state index is -4.33. The third kappa shape index (κ3) is 7.40. The van der Waals surface area contributed by atoms with Gasteiger partial charge in [-0.2, -0.15) is 13.2 Å². The first kappa shape index (κ1) is 25.5. The largest absolute Gasteiger partial charge is 0.393 e. The Balaban J connectivity index is 0.00000341. The number of nitrogens with zero attached hydrogens (tertiary/aromatic N) is 1. The van der Waals surface area contributed by atoms with Crippen molar-refractivity contribution in [3.63, 3.8) is 0 Å². The number of benzene rings is 2. The van der Waals surface area contributed by atoms with Crippen molar-refractivity contribution in [2.75, 3.05) is 24.4 Å². The molecule has 0 aromatic heterocycles. The molecule has 0 spiro atoms. The van der Waals surface area contributed by atoms with Crippen molar-refractivity contribution < 1.29 is 21.6 Å². The molecule has 31 heavy (non-hydrogen) atoms. The van der Waals surface area contributed by atoms with Crippen LogP contribution in [0, 0.1) is 0 Å². The second-order valence-corrected chi connectivity index (χ2v) is 9.49. The molecule has 0 radical (unpaired) electrons. The lowest BCUT2D eigenvalue weighted by Gasteiger charge is -2.32. The molecule has 1 aliphatic rings. The van der Waals surface area contributed by atoms with Crippen LogP contribution >= 0.6 is 12.4 Å². The molecular formula is C22H28ClF3N2O2S. The lowest BCUT2D eigenvalue weighted by Crippen LogP contribution is -2.34. The number of sulfonamides is 1. The molecule has 1 fully saturated rings. The maximum Gasteiger partial charge on any atom is 0.393 e. The molecule has 172 valence electrons. The molecule has 1 aliphatic heterocycles. The van der Waals surface area contributed by atoms with Crippen molar-refractivity contribution in [3.05, 3.63) is 59.7 Å². The van der Waals surface area contributed by atoms with E-state index in [0.717, 1.165) is 38.9 Å². The Morgan fingerprint density at radius 2 is 1.71 bits per heavy atom. The average Bonchev–Trinajstić information content (AvgIpc) is 2.68. The topological polar surface area (TPSA) is 49.4 Å². The van der Waals surface area contributed by atoms with Gasteiger partial charge in [0.2, 0.25) is 0 Å². The highest BCUT2D eigenvalue weighted by molar-refractivity contribution is 7.92. The Morgan fingerprint density at radius 1 is 1.06 bits per heavy atom. The van der Waals surface area contributed by atoms with E-state index in [1.165, 1.54) is 29.8 Å². The molecular weight excluding hydrogens is 449 g/mol. The predicted octanol–water partition coefficient (Wildman–Crippen LogP) is 5.60. The molecule has 4 nitrogen and oxygen atoms in total. The van der Waals surface area contributed by atoms with E-state index in [2.05, 4.69) is 16.5 Å². The van der Waals surface area contributed by atoms with E-state index in [9.17, 15) is 21.6 Å². The van der Waals surface area contributed by atoms with E-state index >= 15 is 0 Å². The summed E-state index contributed by atoms with van der Waals surface area (Å²) in [5.41, 5.74) is 1.64. The number of likely N-dealkylation sites (tertiary alicyclic amines) is 1. The Labute approximate surface area is 188 Å². The Hall–Kier alpha value is -1.77. The average molecular weight is 477 g/mol. The van der Waals surface area contributed by atoms with E-state index in [1.807, 2.05) is 12.1 Å². The van der Waals surface area contributed by atoms with Crippen LogP contribution in [0.5, 0.6) is 0 Å². The Morgan fingerprint density at radius 3 is 2.29 bits per heavy atom. The SMILES string of the molecule is CCCN1CCCC(c2ccc(NS(=O)(=O)c3ccc(CC(F)(F)F)cc3)cc2)C1.Cl. The van der Waals surface area contributed by atoms with Gasteiger partial charge in [0.15, 0.2) is 0 Å². The van der Waals surface area contributed by atoms with Crippen molar-refractivity contribution in [2.45, 2.75) is 49.6 Å². The lowest BCUT2D eigenvalue weighted by molar-refractivity contribution is -0.127. The highest BCUT2D eigenvalue weighted by Crippen LogP contribution is 2.28. The van der Waals surface area contributed by atoms with Crippen LogP contribution in [0.2, 0.25) is 0 Å². The molecule has 1 saturated heterocycles. The summed E-state index contributed by atoms with van der Waals surface area (Å²) in [4.78, 5) is 2.40. The van der Waals surface area contributed by atoms with Crippen molar-refractivity contribution in [1.29, 1.82) is 0 Å². The fourth-order valence-electron chi connectivity index (χ4n) is 3.90. The van der Waals surface area contributed by atoms with Gasteiger partial charge in [0, 0.05) is 12.2 Å². The molecule has 1 heterocycles. The molecule has 9 heteroatoms. The monoisotopic (exact) mass is 476 g/mol. The summed E-state index contributed by atoms with van der Waals surface area (Å²) in [5, 5.41) is 0. The van der Waals surface area contributed by atoms with Crippen LogP contribution in [0.25, 0.3) is 0 Å². The van der Waals surface area contributed by atoms with Gasteiger partial charge in [0.05, 0.1) is 11.3 Å². The van der Waals surface area contributed by atoms with Gasteiger partial charge in [-0.05, 0) is 73.7 Å². The van der Waals surface area contributed by atoms with E-state index in [-0.39, 0.29) is 22.9 Å². The number of anilines is 1. The quantitative estimate of drug-likeness (QED) is 0.565. The number of piperidine rings is 1. The molecule has 3 rings (SSSR count). The fraction of sp³-hybridized carbons (Fsp3) is 0.455. The summed E-state index contributed by atoms with van der Waals surface area (Å²) in [5.74, 6) is 0.442. The lowest BCUT2D eigenvalue weighted by atomic mass is 9.90. The number of halogens is 4. The first-order chi connectivity index (χ1) is 14.2. The van der Waals surface area contributed by atoms with Crippen LogP contribution in [0.4, 0.5) is 18.9 Å². The maximum atomic E-state index is 12.6. The van der Waals surface area contributed by atoms with Gasteiger partial charge >= 0.3 is 6.18 Å². The molecule has 2 aromatic carbocycles. The van der Waals surface area contributed by atoms with E-state index in [1.54, 1.807) is 12.1 Å². The van der Waals surface area contributed by atoms with Crippen LogP contribution in [0.1, 0.15) is 43.2 Å². The van der Waals surface area contributed by atoms with Gasteiger partial charge in [-0.25, -0.2) is 8.42 Å². The zero-order valence-corrected chi connectivity index (χ0v) is 19.0. The van der Waals surface area contributed by atoms with Gasteiger partial charge < -0.3 is 4.90 Å². The highest BCUT2D eigenvalue weighted by atomic mass is 35.5. The first-order valence-electron chi connectivity index (χ1n) is 10.2. The second-order valence-electron chi connectivity index (χ2n) is 7.80. The van der Waals surface area contributed by atoms with E-state index in [0.29, 0.717) is 11.6 Å². The van der Waals surface area contributed by atoms with Crippen molar-refractivity contribution in [3.8, 4) is 0 Å². The van der Waals surface area contributed by atoms with Crippen LogP contribution in [0.3, 0.4) is 0 Å². The fourth-order valence-corrected chi connectivity index (χ4v) is 4.96. The van der Waals surface area contributed by atoms with E-state index < -0.39 is 22.6 Å². The summed E-state index contributed by atoms with van der Waals surface area (Å²) >= 11 is 0. The second kappa shape index (κ2) is 10.7. The van der Waals surface area contributed by atoms with E-state index in [4.69, 9.17) is 0 Å². The molecule has 0 amide bonds. The number of rotatable bonds is 7. The van der Waals surface area contributed by atoms with Crippen LogP contribution in [0.15, 0.2) is 53.4 Å². The Bertz CT molecular complexity index is 931. The molecule has 2 aromatic rings. The minimum absolute atomic E-state index is 0. The summed E-state index contributed by atoms with van der Waals surface area (Å²) in [7, 11) is -3.87. The molecule has 0 bridgehead atoms. The van der Waals surface area contributed by atoms with Gasteiger partial charge in [-0.1, -0.05) is 31.2 Å². The molecule has 0 aliphatic carbocycles. The maximum absolute atomic E-state index is 12.6. The van der Waals surface area contributed by atoms with Crippen molar-refractivity contribution >= 4 is 28.1 Å². The number of hydrogen-bond acceptors (Lipinski definition) is 3. The van der Waals surface area contributed by atoms with Gasteiger partial charge in [0.25, 0.3) is 10.0 Å². The minimum Gasteiger partial charge on any atom is -0.303 e. The summed E-state index contributed by atoms with van der Waals surface area (Å²) in [6.45, 7) is 5.41. The summed E-state index contributed by atoms with van der Waals surface area (Å²) in [6.07, 6.45) is -2.01. The van der Waals surface area contributed by atoms with Crippen LogP contribution in [-0.4, -0.2) is 39.1 Å². The first-order valence-corrected chi connectivity index (χ1v) is 11.7. The van der Waals surface area contributed by atoms with Crippen LogP contribution in [-0.2, 0) is 16.4 Å². The zero-order valence-electron chi connectivity index (χ0n) is 17.4. The van der Waals surface area contributed by atoms with Gasteiger partial charge in [-0.3, -0.25) is 4.72 Å². The van der Waals surface area contributed by atoms with Crippen LogP contribution < -0.4 is 4.72 Å². The third-order valence-corrected chi connectivity index (χ3v) is 6.72. The molecule has 1 N–H and O–H groups in total. The van der Waals surface area contributed by atoms with Crippen molar-refractivity contribution in [2.24, 2.45) is 0 Å². The van der Waals surface area contributed by atoms with Gasteiger partial charge in [0.1, 0.15) is 0 Å². The smallest absolute Gasteiger partial charge is 0.303 e. The number of nitrogens with one attached hydrogen (secondary N) is 1. The van der Waals surface area contributed by atoms with Gasteiger partial charge in [-0.15, -0.1) is 12.4 Å². The predicted molar refractivity (Wildman–Crippen MR) is 119 cm³/mol. The Kier molecular flexibility index (Phi) is 8.80. The normalized spacial score (nSPS) is 17.7. The number of alkyl halides is 3. The standard InChI is InChI=1S/C22H27F3N2O2S.ClH/c1-2-13-27-14-3-4-19(16-27)18-7-9-20(10-8-18)26-30(28,29)21-11-5-17(6-12-21)15-22(23,24)25;/h5-12,19,26H,2-4,13-16H2,1H3;1H. The molecule has 1 unspecified atom stereocenters. The summed E-state index contributed by atoms with van der Waals surface area (Å²) in [6, 6.07) is 12.2. The third-order valence-electron chi connectivity index (χ3n) is 5.32.